The molecule has 1 aliphatic rings. The van der Waals surface area contributed by atoms with Crippen LogP contribution in [0.4, 0.5) is 0 Å². The molecule has 2 heterocycles. The second-order valence-corrected chi connectivity index (χ2v) is 7.88. The number of hydrogen-bond donors (Lipinski definition) is 1. The van der Waals surface area contributed by atoms with Crippen molar-refractivity contribution in [2.75, 3.05) is 0 Å². The number of benzene rings is 1. The zero-order valence-corrected chi connectivity index (χ0v) is 17.1. The fourth-order valence-corrected chi connectivity index (χ4v) is 4.18. The maximum Gasteiger partial charge on any atom is 0.271 e. The van der Waals surface area contributed by atoms with Gasteiger partial charge >= 0.3 is 0 Å². The van der Waals surface area contributed by atoms with Crippen molar-refractivity contribution in [3.8, 4) is 5.69 Å². The zero-order valence-electron chi connectivity index (χ0n) is 17.1. The molecule has 0 bridgehead atoms. The largest absolute Gasteiger partial charge is 0.351 e. The molecule has 5 heteroatoms. The number of aromatic nitrogens is 2. The standard InChI is InChI=1S/C24H28N4O/c1-18-8-9-19(2)28(18)23-12-10-21(11-13-23)24(29)26-25-16-20-14-15-27(17-20)22-6-4-3-5-7-22/h8-17,22H,3-7H2,1-2H3,(H,26,29)/b25-16-. The Bertz CT molecular complexity index is 984. The quantitative estimate of drug-likeness (QED) is 0.476. The lowest BCUT2D eigenvalue weighted by molar-refractivity contribution is 0.0955. The van der Waals surface area contributed by atoms with Gasteiger partial charge in [0.05, 0.1) is 6.21 Å². The summed E-state index contributed by atoms with van der Waals surface area (Å²) in [5, 5.41) is 4.13. The van der Waals surface area contributed by atoms with Crippen LogP contribution in [0.5, 0.6) is 0 Å². The predicted octanol–water partition coefficient (Wildman–Crippen LogP) is 5.16. The fraction of sp³-hybridized carbons (Fsp3) is 0.333. The number of hydrogen-bond acceptors (Lipinski definition) is 2. The third-order valence-electron chi connectivity index (χ3n) is 5.77. The van der Waals surface area contributed by atoms with E-state index in [1.807, 2.05) is 30.3 Å². The number of amides is 1. The van der Waals surface area contributed by atoms with Crippen molar-refractivity contribution < 1.29 is 4.79 Å². The molecule has 0 unspecified atom stereocenters. The van der Waals surface area contributed by atoms with Crippen LogP contribution < -0.4 is 5.43 Å². The average Bonchev–Trinajstić information content (AvgIpc) is 3.35. The zero-order chi connectivity index (χ0) is 20.2. The molecule has 2 aromatic heterocycles. The Hall–Kier alpha value is -3.08. The summed E-state index contributed by atoms with van der Waals surface area (Å²) in [7, 11) is 0. The van der Waals surface area contributed by atoms with Crippen LogP contribution in [0.25, 0.3) is 5.69 Å². The van der Waals surface area contributed by atoms with Crippen molar-refractivity contribution in [3.63, 3.8) is 0 Å². The fourth-order valence-electron chi connectivity index (χ4n) is 4.18. The predicted molar refractivity (Wildman–Crippen MR) is 117 cm³/mol. The van der Waals surface area contributed by atoms with Crippen LogP contribution in [0.1, 0.15) is 65.5 Å². The molecule has 150 valence electrons. The summed E-state index contributed by atoms with van der Waals surface area (Å²) >= 11 is 0. The van der Waals surface area contributed by atoms with E-state index in [9.17, 15) is 4.79 Å². The number of carbonyl (C=O) groups excluding carboxylic acids is 1. The number of hydrazone groups is 1. The van der Waals surface area contributed by atoms with Crippen LogP contribution in [-0.4, -0.2) is 21.3 Å². The summed E-state index contributed by atoms with van der Waals surface area (Å²) in [4.78, 5) is 12.4. The van der Waals surface area contributed by atoms with Crippen LogP contribution in [0.2, 0.25) is 0 Å². The first-order valence-electron chi connectivity index (χ1n) is 10.4. The number of nitrogens with one attached hydrogen (secondary N) is 1. The van der Waals surface area contributed by atoms with E-state index in [0.29, 0.717) is 11.6 Å². The van der Waals surface area contributed by atoms with Gasteiger partial charge in [-0.3, -0.25) is 4.79 Å². The molecule has 5 nitrogen and oxygen atoms in total. The Morgan fingerprint density at radius 1 is 1.00 bits per heavy atom. The molecule has 1 aromatic carbocycles. The van der Waals surface area contributed by atoms with Crippen LogP contribution >= 0.6 is 0 Å². The molecule has 4 rings (SSSR count). The number of rotatable bonds is 5. The van der Waals surface area contributed by atoms with Crippen LogP contribution in [-0.2, 0) is 0 Å². The molecule has 1 aliphatic carbocycles. The minimum atomic E-state index is -0.208. The highest BCUT2D eigenvalue weighted by atomic mass is 16.2. The van der Waals surface area contributed by atoms with Crippen molar-refractivity contribution in [1.29, 1.82) is 0 Å². The van der Waals surface area contributed by atoms with Gasteiger partial charge in [-0.1, -0.05) is 19.3 Å². The van der Waals surface area contributed by atoms with Gasteiger partial charge in [0, 0.05) is 46.6 Å². The van der Waals surface area contributed by atoms with E-state index in [2.05, 4.69) is 58.0 Å². The molecule has 0 aliphatic heterocycles. The molecule has 1 amide bonds. The van der Waals surface area contributed by atoms with Gasteiger partial charge in [-0.05, 0) is 69.2 Å². The topological polar surface area (TPSA) is 51.3 Å². The van der Waals surface area contributed by atoms with Crippen molar-refractivity contribution in [1.82, 2.24) is 14.6 Å². The Morgan fingerprint density at radius 2 is 1.69 bits per heavy atom. The molecule has 0 saturated heterocycles. The molecule has 0 radical (unpaired) electrons. The van der Waals surface area contributed by atoms with Crippen LogP contribution in [0.3, 0.4) is 0 Å². The molecule has 0 atom stereocenters. The summed E-state index contributed by atoms with van der Waals surface area (Å²) in [6, 6.07) is 14.4. The van der Waals surface area contributed by atoms with Gasteiger partial charge in [-0.25, -0.2) is 5.43 Å². The Morgan fingerprint density at radius 3 is 2.38 bits per heavy atom. The Kier molecular flexibility index (Phi) is 5.65. The molecular formula is C24H28N4O. The van der Waals surface area contributed by atoms with Crippen LogP contribution in [0.15, 0.2) is 60.0 Å². The van der Waals surface area contributed by atoms with Gasteiger partial charge in [0.2, 0.25) is 0 Å². The molecule has 1 saturated carbocycles. The molecular weight excluding hydrogens is 360 g/mol. The van der Waals surface area contributed by atoms with Crippen molar-refractivity contribution >= 4 is 12.1 Å². The highest BCUT2D eigenvalue weighted by Gasteiger charge is 2.14. The summed E-state index contributed by atoms with van der Waals surface area (Å²) in [5.74, 6) is -0.208. The van der Waals surface area contributed by atoms with Gasteiger partial charge in [0.25, 0.3) is 5.91 Å². The lowest BCUT2D eigenvalue weighted by Crippen LogP contribution is -2.17. The van der Waals surface area contributed by atoms with E-state index < -0.39 is 0 Å². The monoisotopic (exact) mass is 388 g/mol. The van der Waals surface area contributed by atoms with E-state index in [1.54, 1.807) is 6.21 Å². The van der Waals surface area contributed by atoms with Gasteiger partial charge < -0.3 is 9.13 Å². The maximum atomic E-state index is 12.4. The van der Waals surface area contributed by atoms with Crippen molar-refractivity contribution in [2.45, 2.75) is 52.0 Å². The van der Waals surface area contributed by atoms with Gasteiger partial charge in [-0.2, -0.15) is 5.10 Å². The normalized spacial score (nSPS) is 15.1. The number of nitrogens with zero attached hydrogens (tertiary/aromatic N) is 3. The number of aryl methyl sites for hydroxylation is 2. The highest BCUT2D eigenvalue weighted by molar-refractivity contribution is 5.95. The van der Waals surface area contributed by atoms with Gasteiger partial charge in [-0.15, -0.1) is 0 Å². The third-order valence-corrected chi connectivity index (χ3v) is 5.77. The maximum absolute atomic E-state index is 12.4. The SMILES string of the molecule is Cc1ccc(C)n1-c1ccc(C(=O)N/N=C\c2ccn(C3CCCCC3)c2)cc1. The molecule has 29 heavy (non-hydrogen) atoms. The smallest absolute Gasteiger partial charge is 0.271 e. The summed E-state index contributed by atoms with van der Waals surface area (Å²) in [6.45, 7) is 4.15. The first-order valence-corrected chi connectivity index (χ1v) is 10.4. The summed E-state index contributed by atoms with van der Waals surface area (Å²) < 4.78 is 4.45. The van der Waals surface area contributed by atoms with E-state index in [0.717, 1.165) is 11.3 Å². The van der Waals surface area contributed by atoms with E-state index in [4.69, 9.17) is 0 Å². The van der Waals surface area contributed by atoms with Crippen molar-refractivity contribution in [2.24, 2.45) is 5.10 Å². The first kappa shape index (κ1) is 19.2. The lowest BCUT2D eigenvalue weighted by Gasteiger charge is -2.23. The van der Waals surface area contributed by atoms with Gasteiger partial charge in [0.1, 0.15) is 0 Å². The first-order chi connectivity index (χ1) is 14.1. The lowest BCUT2D eigenvalue weighted by atomic mass is 9.95. The summed E-state index contributed by atoms with van der Waals surface area (Å²) in [6.07, 6.45) is 12.4. The van der Waals surface area contributed by atoms with E-state index in [1.165, 1.54) is 43.5 Å². The van der Waals surface area contributed by atoms with Crippen molar-refractivity contribution in [3.05, 3.63) is 77.4 Å². The minimum Gasteiger partial charge on any atom is -0.351 e. The van der Waals surface area contributed by atoms with E-state index in [-0.39, 0.29) is 5.91 Å². The molecule has 0 spiro atoms. The molecule has 1 N–H and O–H groups in total. The average molecular weight is 389 g/mol. The van der Waals surface area contributed by atoms with Crippen LogP contribution in [0, 0.1) is 13.8 Å². The highest BCUT2D eigenvalue weighted by Crippen LogP contribution is 2.28. The van der Waals surface area contributed by atoms with E-state index >= 15 is 0 Å². The third kappa shape index (κ3) is 4.34. The second kappa shape index (κ2) is 8.52. The minimum absolute atomic E-state index is 0.208. The molecule has 1 fully saturated rings. The second-order valence-electron chi connectivity index (χ2n) is 7.88. The number of carbonyl (C=O) groups is 1. The Labute approximate surface area is 172 Å². The summed E-state index contributed by atoms with van der Waals surface area (Å²) in [5.41, 5.74) is 7.61. The Balaban J connectivity index is 1.36. The van der Waals surface area contributed by atoms with Gasteiger partial charge in [0.15, 0.2) is 0 Å². The molecule has 3 aromatic rings.